The zero-order valence-electron chi connectivity index (χ0n) is 12.9. The number of nitrogens with zero attached hydrogens (tertiary/aromatic N) is 1. The number of thiazole rings is 1. The predicted octanol–water partition coefficient (Wildman–Crippen LogP) is 5.16. The zero-order valence-corrected chi connectivity index (χ0v) is 15.3. The van der Waals surface area contributed by atoms with Gasteiger partial charge >= 0.3 is 12.2 Å². The van der Waals surface area contributed by atoms with Crippen molar-refractivity contribution in [1.29, 1.82) is 0 Å². The van der Waals surface area contributed by atoms with E-state index in [1.807, 2.05) is 19.2 Å². The maximum absolute atomic E-state index is 12.7. The topological polar surface area (TPSA) is 54.0 Å². The lowest BCUT2D eigenvalue weighted by molar-refractivity contribution is -0.137. The average Bonchev–Trinajstić information content (AvgIpc) is 2.92. The third-order valence-electron chi connectivity index (χ3n) is 3.17. The molecule has 0 spiro atoms. The minimum absolute atomic E-state index is 0.0133. The van der Waals surface area contributed by atoms with E-state index in [1.54, 1.807) is 0 Å². The van der Waals surface area contributed by atoms with E-state index in [0.717, 1.165) is 22.8 Å². The van der Waals surface area contributed by atoms with E-state index in [-0.39, 0.29) is 11.6 Å². The quantitative estimate of drug-likeness (QED) is 0.716. The van der Waals surface area contributed by atoms with Crippen molar-refractivity contribution in [2.24, 2.45) is 0 Å². The number of carbonyl (C=O) groups is 1. The first-order valence-corrected chi connectivity index (χ1v) is 8.67. The minimum atomic E-state index is -4.47. The molecule has 9 heteroatoms. The van der Waals surface area contributed by atoms with Crippen molar-refractivity contribution >= 4 is 39.0 Å². The first-order chi connectivity index (χ1) is 11.2. The number of hydrogen-bond acceptors (Lipinski definition) is 3. The number of aromatic nitrogens is 1. The van der Waals surface area contributed by atoms with E-state index < -0.39 is 17.8 Å². The summed E-state index contributed by atoms with van der Waals surface area (Å²) in [6.07, 6.45) is -4.47. The summed E-state index contributed by atoms with van der Waals surface area (Å²) in [5, 5.41) is 7.88. The maximum atomic E-state index is 12.7. The highest BCUT2D eigenvalue weighted by molar-refractivity contribution is 9.10. The fourth-order valence-corrected chi connectivity index (χ4v) is 3.10. The van der Waals surface area contributed by atoms with Crippen LogP contribution in [0.1, 0.15) is 29.1 Å². The molecule has 1 heterocycles. The van der Waals surface area contributed by atoms with Crippen molar-refractivity contribution in [3.05, 3.63) is 44.3 Å². The summed E-state index contributed by atoms with van der Waals surface area (Å²) in [6, 6.07) is 2.51. The van der Waals surface area contributed by atoms with Crippen LogP contribution in [0.15, 0.2) is 28.1 Å². The molecule has 4 nitrogen and oxygen atoms in total. The lowest BCUT2D eigenvalue weighted by atomic mass is 10.2. The van der Waals surface area contributed by atoms with Crippen molar-refractivity contribution in [1.82, 2.24) is 10.3 Å². The SMILES string of the molecule is Cc1csc(C(C)CNC(=O)Nc2cc(C(F)(F)F)ccc2Br)n1. The van der Waals surface area contributed by atoms with E-state index in [4.69, 9.17) is 0 Å². The maximum Gasteiger partial charge on any atom is 0.416 e. The molecule has 1 aromatic heterocycles. The molecule has 2 N–H and O–H groups in total. The molecule has 0 fully saturated rings. The number of alkyl halides is 3. The molecule has 1 aromatic carbocycles. The van der Waals surface area contributed by atoms with Gasteiger partial charge in [-0.3, -0.25) is 0 Å². The van der Waals surface area contributed by atoms with Crippen molar-refractivity contribution in [2.75, 3.05) is 11.9 Å². The third-order valence-corrected chi connectivity index (χ3v) is 5.05. The van der Waals surface area contributed by atoms with E-state index in [0.29, 0.717) is 11.0 Å². The fourth-order valence-electron chi connectivity index (χ4n) is 1.90. The largest absolute Gasteiger partial charge is 0.416 e. The number of rotatable bonds is 4. The number of halogens is 4. The van der Waals surface area contributed by atoms with Crippen LogP contribution in [0.3, 0.4) is 0 Å². The number of aryl methyl sites for hydroxylation is 1. The first kappa shape index (κ1) is 18.7. The molecule has 2 amide bonds. The van der Waals surface area contributed by atoms with E-state index in [9.17, 15) is 18.0 Å². The lowest BCUT2D eigenvalue weighted by Crippen LogP contribution is -2.32. The number of benzene rings is 1. The van der Waals surface area contributed by atoms with Crippen LogP contribution in [0, 0.1) is 6.92 Å². The number of anilines is 1. The van der Waals surface area contributed by atoms with Crippen LogP contribution in [-0.4, -0.2) is 17.6 Å². The number of hydrogen-bond donors (Lipinski definition) is 2. The second kappa shape index (κ2) is 7.52. The normalized spacial score (nSPS) is 12.8. The van der Waals surface area contributed by atoms with Gasteiger partial charge in [-0.05, 0) is 41.1 Å². The van der Waals surface area contributed by atoms with Gasteiger partial charge in [0.15, 0.2) is 0 Å². The van der Waals surface area contributed by atoms with Crippen LogP contribution in [0.5, 0.6) is 0 Å². The molecular formula is C15H15BrF3N3OS. The van der Waals surface area contributed by atoms with Gasteiger partial charge in [0.25, 0.3) is 0 Å². The zero-order chi connectivity index (χ0) is 17.9. The standard InChI is InChI=1S/C15H15BrF3N3OS/c1-8(13-21-9(2)7-24-13)6-20-14(23)22-12-5-10(15(17,18)19)3-4-11(12)16/h3-5,7-8H,6H2,1-2H3,(H2,20,22,23). The number of urea groups is 1. The van der Waals surface area contributed by atoms with Gasteiger partial charge in [0.1, 0.15) is 0 Å². The monoisotopic (exact) mass is 421 g/mol. The second-order valence-electron chi connectivity index (χ2n) is 5.26. The molecule has 2 rings (SSSR count). The summed E-state index contributed by atoms with van der Waals surface area (Å²) in [7, 11) is 0. The Morgan fingerprint density at radius 2 is 2.12 bits per heavy atom. The molecule has 130 valence electrons. The Kier molecular flexibility index (Phi) is 5.87. The van der Waals surface area contributed by atoms with Gasteiger partial charge in [0.05, 0.1) is 16.3 Å². The van der Waals surface area contributed by atoms with Gasteiger partial charge < -0.3 is 10.6 Å². The molecular weight excluding hydrogens is 407 g/mol. The van der Waals surface area contributed by atoms with Crippen LogP contribution < -0.4 is 10.6 Å². The fraction of sp³-hybridized carbons (Fsp3) is 0.333. The summed E-state index contributed by atoms with van der Waals surface area (Å²) in [5.41, 5.74) is 0.145. The lowest BCUT2D eigenvalue weighted by Gasteiger charge is -2.14. The number of amides is 2. The van der Waals surface area contributed by atoms with Crippen molar-refractivity contribution in [2.45, 2.75) is 25.9 Å². The Labute approximate surface area is 149 Å². The van der Waals surface area contributed by atoms with Gasteiger partial charge in [-0.15, -0.1) is 11.3 Å². The number of nitrogens with one attached hydrogen (secondary N) is 2. The van der Waals surface area contributed by atoms with E-state index >= 15 is 0 Å². The van der Waals surface area contributed by atoms with Gasteiger partial charge in [-0.1, -0.05) is 6.92 Å². The summed E-state index contributed by atoms with van der Waals surface area (Å²) in [5.74, 6) is 0.0133. The van der Waals surface area contributed by atoms with Crippen LogP contribution in [-0.2, 0) is 6.18 Å². The molecule has 24 heavy (non-hydrogen) atoms. The Bertz CT molecular complexity index is 733. The van der Waals surface area contributed by atoms with Crippen LogP contribution in [0.25, 0.3) is 0 Å². The van der Waals surface area contributed by atoms with Crippen molar-refractivity contribution in [3.63, 3.8) is 0 Å². The second-order valence-corrected chi connectivity index (χ2v) is 7.00. The highest BCUT2D eigenvalue weighted by Gasteiger charge is 2.31. The molecule has 0 saturated heterocycles. The summed E-state index contributed by atoms with van der Waals surface area (Å²) in [6.45, 7) is 4.13. The molecule has 0 radical (unpaired) electrons. The summed E-state index contributed by atoms with van der Waals surface area (Å²) < 4.78 is 38.6. The summed E-state index contributed by atoms with van der Waals surface area (Å²) >= 11 is 4.63. The van der Waals surface area contributed by atoms with E-state index in [1.165, 1.54) is 17.4 Å². The Hall–Kier alpha value is -1.61. The van der Waals surface area contributed by atoms with Gasteiger partial charge in [-0.25, -0.2) is 9.78 Å². The molecule has 0 aliphatic rings. The first-order valence-electron chi connectivity index (χ1n) is 7.00. The van der Waals surface area contributed by atoms with Gasteiger partial charge in [0.2, 0.25) is 0 Å². The Morgan fingerprint density at radius 3 is 2.71 bits per heavy atom. The van der Waals surface area contributed by atoms with Gasteiger partial charge in [-0.2, -0.15) is 13.2 Å². The third kappa shape index (κ3) is 4.94. The van der Waals surface area contributed by atoms with E-state index in [2.05, 4.69) is 31.5 Å². The van der Waals surface area contributed by atoms with Crippen molar-refractivity contribution in [3.8, 4) is 0 Å². The number of carbonyl (C=O) groups excluding carboxylic acids is 1. The van der Waals surface area contributed by atoms with Crippen LogP contribution >= 0.6 is 27.3 Å². The Balaban J connectivity index is 1.97. The Morgan fingerprint density at radius 1 is 1.42 bits per heavy atom. The molecule has 0 aliphatic heterocycles. The molecule has 1 atom stereocenters. The highest BCUT2D eigenvalue weighted by Crippen LogP contribution is 2.33. The van der Waals surface area contributed by atoms with Crippen molar-refractivity contribution < 1.29 is 18.0 Å². The molecule has 0 aliphatic carbocycles. The smallest absolute Gasteiger partial charge is 0.337 e. The summed E-state index contributed by atoms with van der Waals surface area (Å²) in [4.78, 5) is 16.3. The average molecular weight is 422 g/mol. The molecule has 0 saturated carbocycles. The predicted molar refractivity (Wildman–Crippen MR) is 91.4 cm³/mol. The molecule has 2 aromatic rings. The van der Waals surface area contributed by atoms with Crippen LogP contribution in [0.2, 0.25) is 0 Å². The van der Waals surface area contributed by atoms with Crippen LogP contribution in [0.4, 0.5) is 23.7 Å². The van der Waals surface area contributed by atoms with Gasteiger partial charge in [0, 0.05) is 28.0 Å². The highest BCUT2D eigenvalue weighted by atomic mass is 79.9. The molecule has 1 unspecified atom stereocenters. The minimum Gasteiger partial charge on any atom is -0.337 e. The molecule has 0 bridgehead atoms.